The third-order valence-corrected chi connectivity index (χ3v) is 7.58. The summed E-state index contributed by atoms with van der Waals surface area (Å²) in [6.45, 7) is 7.78. The molecule has 0 aliphatic carbocycles. The van der Waals surface area contributed by atoms with Crippen molar-refractivity contribution in [2.75, 3.05) is 20.3 Å². The monoisotopic (exact) mass is 611 g/mol. The van der Waals surface area contributed by atoms with Gasteiger partial charge in [-0.05, 0) is 62.9 Å². The number of allylic oxidation sites excluding steroid dienone is 1. The van der Waals surface area contributed by atoms with E-state index in [2.05, 4.69) is 63.0 Å². The number of benzene rings is 3. The molecule has 5 rings (SSSR count). The molecule has 11 heteroatoms. The minimum atomic E-state index is -1.11. The lowest BCUT2D eigenvalue weighted by Gasteiger charge is -2.28. The maximum atomic E-state index is 12.5. The number of amides is 2. The van der Waals surface area contributed by atoms with Crippen LogP contribution in [0.5, 0.6) is 11.5 Å². The third-order valence-electron chi connectivity index (χ3n) is 7.58. The molecule has 0 saturated carbocycles. The molecular weight excluding hydrogens is 574 g/mol. The van der Waals surface area contributed by atoms with Gasteiger partial charge in [0.25, 0.3) is 0 Å². The number of aryl methyl sites for hydroxylation is 1. The first-order valence-corrected chi connectivity index (χ1v) is 14.6. The number of methoxy groups -OCH3 is 1. The molecule has 0 saturated heterocycles. The highest BCUT2D eigenvalue weighted by Crippen LogP contribution is 2.35. The molecule has 4 N–H and O–H groups in total. The Bertz CT molecular complexity index is 1790. The molecule has 2 amide bonds. The van der Waals surface area contributed by atoms with Crippen LogP contribution in [0, 0.1) is 13.8 Å². The van der Waals surface area contributed by atoms with Gasteiger partial charge in [-0.15, -0.1) is 0 Å². The van der Waals surface area contributed by atoms with Crippen molar-refractivity contribution in [2.24, 2.45) is 5.10 Å². The van der Waals surface area contributed by atoms with E-state index in [1.165, 1.54) is 12.5 Å². The summed E-state index contributed by atoms with van der Waals surface area (Å²) in [6, 6.07) is 20.5. The Hall–Kier alpha value is -5.29. The Kier molecular flexibility index (Phi) is 9.39. The van der Waals surface area contributed by atoms with Gasteiger partial charge in [0.15, 0.2) is 17.7 Å². The number of nitrogens with one attached hydrogen (secondary N) is 3. The summed E-state index contributed by atoms with van der Waals surface area (Å²) < 4.78 is 18.8. The zero-order chi connectivity index (χ0) is 32.1. The zero-order valence-corrected chi connectivity index (χ0v) is 25.9. The molecule has 1 aliphatic rings. The van der Waals surface area contributed by atoms with Gasteiger partial charge < -0.3 is 34.5 Å². The lowest BCUT2D eigenvalue weighted by atomic mass is 9.95. The van der Waals surface area contributed by atoms with Gasteiger partial charge in [-0.1, -0.05) is 42.5 Å². The lowest BCUT2D eigenvalue weighted by Crippen LogP contribution is -2.45. The molecule has 45 heavy (non-hydrogen) atoms. The maximum absolute atomic E-state index is 12.5. The van der Waals surface area contributed by atoms with Crippen molar-refractivity contribution in [1.29, 1.82) is 0 Å². The fourth-order valence-electron chi connectivity index (χ4n) is 5.51. The molecule has 234 valence electrons. The molecule has 1 aliphatic heterocycles. The van der Waals surface area contributed by atoms with Gasteiger partial charge in [-0.3, -0.25) is 5.43 Å². The largest absolute Gasteiger partial charge is 0.490 e. The lowest BCUT2D eigenvalue weighted by molar-refractivity contribution is -0.136. The van der Waals surface area contributed by atoms with E-state index in [1.54, 1.807) is 31.3 Å². The molecule has 0 bridgehead atoms. The van der Waals surface area contributed by atoms with Crippen molar-refractivity contribution in [3.05, 3.63) is 101 Å². The van der Waals surface area contributed by atoms with Crippen LogP contribution in [0.1, 0.15) is 42.4 Å². The van der Waals surface area contributed by atoms with Gasteiger partial charge >= 0.3 is 12.0 Å². The van der Waals surface area contributed by atoms with E-state index in [9.17, 15) is 14.7 Å². The van der Waals surface area contributed by atoms with Crippen molar-refractivity contribution in [1.82, 2.24) is 20.6 Å². The molecule has 0 spiro atoms. The molecule has 0 fully saturated rings. The van der Waals surface area contributed by atoms with Crippen molar-refractivity contribution < 1.29 is 28.9 Å². The number of hydrazone groups is 1. The van der Waals surface area contributed by atoms with Gasteiger partial charge in [-0.2, -0.15) is 5.10 Å². The summed E-state index contributed by atoms with van der Waals surface area (Å²) in [4.78, 5) is 24.7. The van der Waals surface area contributed by atoms with E-state index >= 15 is 0 Å². The van der Waals surface area contributed by atoms with E-state index in [1.807, 2.05) is 32.0 Å². The molecule has 11 nitrogen and oxygen atoms in total. The summed E-state index contributed by atoms with van der Waals surface area (Å²) in [5.74, 6) is 0.208. The number of fused-ring (bicyclic) bond motifs is 1. The molecule has 4 aromatic rings. The van der Waals surface area contributed by atoms with Crippen molar-refractivity contribution >= 4 is 29.0 Å². The summed E-state index contributed by atoms with van der Waals surface area (Å²) in [5, 5.41) is 22.5. The van der Waals surface area contributed by atoms with Crippen LogP contribution >= 0.6 is 0 Å². The van der Waals surface area contributed by atoms with Gasteiger partial charge in [0, 0.05) is 28.0 Å². The number of aliphatic hydroxyl groups excluding tert-OH is 1. The highest BCUT2D eigenvalue weighted by Gasteiger charge is 2.32. The Balaban J connectivity index is 1.27. The van der Waals surface area contributed by atoms with Crippen LogP contribution in [0.2, 0.25) is 0 Å². The highest BCUT2D eigenvalue weighted by molar-refractivity contribution is 5.95. The van der Waals surface area contributed by atoms with E-state index in [0.29, 0.717) is 29.4 Å². The summed E-state index contributed by atoms with van der Waals surface area (Å²) in [6.07, 6.45) is 0.562. The Labute approximate surface area is 261 Å². The standard InChI is InChI=1S/C34H37N5O6/c1-6-44-29-17-24(32-31(33(41)43-5)21(3)36-34(42)37-32)14-15-28(29)45-19-30(40)38-35-18-25-16-20(2)39(22(25)4)27-13-9-11-23-10-7-8-12-26(23)27/h7-18,30,32,38,40H,6,19H2,1-5H3,(H2,36,37,42)/b35-18-/t30-,32+/m1/s1. The SMILES string of the molecule is CCOc1cc([C@@H]2NC(=O)NC(C)=C2C(=O)OC)ccc1OC[C@@H](O)N/N=C\c1cc(C)n(-c2cccc3ccccc23)c1C. The molecule has 2 atom stereocenters. The van der Waals surface area contributed by atoms with Crippen LogP contribution in [-0.2, 0) is 9.53 Å². The summed E-state index contributed by atoms with van der Waals surface area (Å²) in [5.41, 5.74) is 8.09. The third kappa shape index (κ3) is 6.63. The second kappa shape index (κ2) is 13.6. The van der Waals surface area contributed by atoms with Crippen LogP contribution in [0.3, 0.4) is 0 Å². The van der Waals surface area contributed by atoms with Crippen molar-refractivity contribution in [3.8, 4) is 17.2 Å². The number of rotatable bonds is 11. The number of nitrogens with zero attached hydrogens (tertiary/aromatic N) is 2. The predicted molar refractivity (Wildman–Crippen MR) is 172 cm³/mol. The quantitative estimate of drug-likeness (QED) is 0.0831. The average molecular weight is 612 g/mol. The maximum Gasteiger partial charge on any atom is 0.337 e. The molecule has 3 aromatic carbocycles. The fraction of sp³-hybridized carbons (Fsp3) is 0.265. The van der Waals surface area contributed by atoms with Gasteiger partial charge in [0.1, 0.15) is 6.61 Å². The van der Waals surface area contributed by atoms with Crippen LogP contribution in [0.4, 0.5) is 4.79 Å². The van der Waals surface area contributed by atoms with E-state index in [-0.39, 0.29) is 12.2 Å². The zero-order valence-electron chi connectivity index (χ0n) is 25.9. The number of hydrogen-bond donors (Lipinski definition) is 4. The number of carbonyl (C=O) groups is 2. The number of carbonyl (C=O) groups excluding carboxylic acids is 2. The smallest absolute Gasteiger partial charge is 0.337 e. The summed E-state index contributed by atoms with van der Waals surface area (Å²) >= 11 is 0. The van der Waals surface area contributed by atoms with Crippen LogP contribution in [0.15, 0.2) is 83.1 Å². The first-order valence-electron chi connectivity index (χ1n) is 14.6. The van der Waals surface area contributed by atoms with Gasteiger partial charge in [0.2, 0.25) is 0 Å². The number of esters is 1. The molecular formula is C34H37N5O6. The van der Waals surface area contributed by atoms with Crippen LogP contribution in [0.25, 0.3) is 16.5 Å². The first kappa shape index (κ1) is 31.1. The van der Waals surface area contributed by atoms with E-state index in [0.717, 1.165) is 28.0 Å². The number of ether oxygens (including phenoxy) is 3. The first-order chi connectivity index (χ1) is 21.7. The second-order valence-corrected chi connectivity index (χ2v) is 10.6. The van der Waals surface area contributed by atoms with E-state index < -0.39 is 24.3 Å². The number of hydrogen-bond acceptors (Lipinski definition) is 8. The minimum absolute atomic E-state index is 0.123. The molecule has 0 radical (unpaired) electrons. The Morgan fingerprint density at radius 3 is 2.62 bits per heavy atom. The number of aliphatic hydroxyl groups is 1. The van der Waals surface area contributed by atoms with Crippen molar-refractivity contribution in [2.45, 2.75) is 40.0 Å². The number of aromatic nitrogens is 1. The van der Waals surface area contributed by atoms with Crippen LogP contribution in [-0.4, -0.2) is 54.4 Å². The Morgan fingerprint density at radius 1 is 1.07 bits per heavy atom. The normalized spacial score (nSPS) is 15.5. The summed E-state index contributed by atoms with van der Waals surface area (Å²) in [7, 11) is 1.28. The van der Waals surface area contributed by atoms with Crippen LogP contribution < -0.4 is 25.5 Å². The molecule has 0 unspecified atom stereocenters. The number of urea groups is 1. The molecule has 2 heterocycles. The fourth-order valence-corrected chi connectivity index (χ4v) is 5.51. The topological polar surface area (TPSA) is 135 Å². The van der Waals surface area contributed by atoms with Crippen molar-refractivity contribution in [3.63, 3.8) is 0 Å². The Morgan fingerprint density at radius 2 is 1.84 bits per heavy atom. The second-order valence-electron chi connectivity index (χ2n) is 10.6. The average Bonchev–Trinajstić information content (AvgIpc) is 3.31. The van der Waals surface area contributed by atoms with E-state index in [4.69, 9.17) is 14.2 Å². The molecule has 1 aromatic heterocycles. The minimum Gasteiger partial charge on any atom is -0.490 e. The predicted octanol–water partition coefficient (Wildman–Crippen LogP) is 4.77. The van der Waals surface area contributed by atoms with Gasteiger partial charge in [0.05, 0.1) is 37.2 Å². The van der Waals surface area contributed by atoms with Gasteiger partial charge in [-0.25, -0.2) is 9.59 Å². The highest BCUT2D eigenvalue weighted by atomic mass is 16.5.